The first-order valence-electron chi connectivity index (χ1n) is 7.75. The third kappa shape index (κ3) is 5.43. The second-order valence-corrected chi connectivity index (χ2v) is 8.04. The van der Waals surface area contributed by atoms with Crippen LogP contribution in [0, 0.1) is 0 Å². The highest BCUT2D eigenvalue weighted by Gasteiger charge is 2.25. The van der Waals surface area contributed by atoms with Gasteiger partial charge >= 0.3 is 5.97 Å². The summed E-state index contributed by atoms with van der Waals surface area (Å²) >= 11 is 11.8. The Hall–Kier alpha value is -2.17. The maximum Gasteiger partial charge on any atom is 0.326 e. The quantitative estimate of drug-likeness (QED) is 0.559. The summed E-state index contributed by atoms with van der Waals surface area (Å²) in [4.78, 5) is 23.5. The van der Waals surface area contributed by atoms with E-state index in [1.807, 2.05) is 4.72 Å². The summed E-state index contributed by atoms with van der Waals surface area (Å²) in [5, 5.41) is 12.3. The van der Waals surface area contributed by atoms with Crippen LogP contribution in [0.5, 0.6) is 0 Å². The Balaban J connectivity index is 2.14. The molecule has 0 fully saturated rings. The number of carbonyl (C=O) groups excluding carboxylic acids is 2. The number of sulfonamides is 1. The van der Waals surface area contributed by atoms with Crippen molar-refractivity contribution in [2.45, 2.75) is 10.9 Å². The summed E-state index contributed by atoms with van der Waals surface area (Å²) in [5.41, 5.74) is 0.523. The van der Waals surface area contributed by atoms with Gasteiger partial charge in [0.2, 0.25) is 10.0 Å². The second kappa shape index (κ2) is 9.35. The second-order valence-electron chi connectivity index (χ2n) is 5.48. The van der Waals surface area contributed by atoms with Gasteiger partial charge in [0, 0.05) is 10.7 Å². The third-order valence-corrected chi connectivity index (χ3v) is 5.60. The van der Waals surface area contributed by atoms with Crippen molar-refractivity contribution in [1.82, 2.24) is 4.72 Å². The number of rotatable bonds is 7. The molecule has 0 saturated heterocycles. The van der Waals surface area contributed by atoms with E-state index < -0.39 is 34.5 Å². The SMILES string of the molecule is COC(=O)C(CO)NS(=O)(=O)c1ccc(NC(=O)c2ccc(Cl)cc2Cl)cc1. The van der Waals surface area contributed by atoms with Gasteiger partial charge in [-0.05, 0) is 42.5 Å². The van der Waals surface area contributed by atoms with Crippen LogP contribution < -0.4 is 10.0 Å². The number of aliphatic hydroxyl groups is 1. The molecule has 1 unspecified atom stereocenters. The van der Waals surface area contributed by atoms with Crippen molar-refractivity contribution >= 4 is 50.8 Å². The van der Waals surface area contributed by atoms with Crippen LogP contribution in [-0.4, -0.2) is 45.2 Å². The van der Waals surface area contributed by atoms with Crippen molar-refractivity contribution in [3.63, 3.8) is 0 Å². The van der Waals surface area contributed by atoms with Gasteiger partial charge in [-0.15, -0.1) is 0 Å². The summed E-state index contributed by atoms with van der Waals surface area (Å²) in [6.45, 7) is -0.762. The maximum absolute atomic E-state index is 12.3. The number of hydrogen-bond acceptors (Lipinski definition) is 6. The monoisotopic (exact) mass is 446 g/mol. The van der Waals surface area contributed by atoms with Crippen LogP contribution in [0.15, 0.2) is 47.4 Å². The number of methoxy groups -OCH3 is 1. The Morgan fingerprint density at radius 3 is 2.32 bits per heavy atom. The smallest absolute Gasteiger partial charge is 0.326 e. The molecule has 8 nitrogen and oxygen atoms in total. The molecule has 2 aromatic rings. The van der Waals surface area contributed by atoms with Gasteiger partial charge in [-0.2, -0.15) is 4.72 Å². The third-order valence-electron chi connectivity index (χ3n) is 3.56. The lowest BCUT2D eigenvalue weighted by atomic mass is 10.2. The van der Waals surface area contributed by atoms with Gasteiger partial charge in [-0.25, -0.2) is 8.42 Å². The number of ether oxygens (including phenoxy) is 1. The molecule has 3 N–H and O–H groups in total. The van der Waals surface area contributed by atoms with Crippen molar-refractivity contribution in [3.05, 3.63) is 58.1 Å². The maximum atomic E-state index is 12.3. The predicted molar refractivity (Wildman–Crippen MR) is 104 cm³/mol. The number of hydrogen-bond donors (Lipinski definition) is 3. The molecule has 0 aliphatic rings. The van der Waals surface area contributed by atoms with Gasteiger partial charge in [0.05, 0.1) is 29.2 Å². The molecule has 0 aliphatic heterocycles. The topological polar surface area (TPSA) is 122 Å². The van der Waals surface area contributed by atoms with Crippen molar-refractivity contribution < 1.29 is 27.9 Å². The van der Waals surface area contributed by atoms with Crippen LogP contribution in [0.2, 0.25) is 10.0 Å². The van der Waals surface area contributed by atoms with Crippen LogP contribution >= 0.6 is 23.2 Å². The molecule has 0 heterocycles. The van der Waals surface area contributed by atoms with Crippen LogP contribution in [0.4, 0.5) is 5.69 Å². The van der Waals surface area contributed by atoms with E-state index in [0.717, 1.165) is 7.11 Å². The van der Waals surface area contributed by atoms with Crippen molar-refractivity contribution in [2.75, 3.05) is 19.0 Å². The molecule has 0 radical (unpaired) electrons. The Bertz CT molecular complexity index is 980. The van der Waals surface area contributed by atoms with Crippen LogP contribution in [0.25, 0.3) is 0 Å². The molecule has 11 heteroatoms. The van der Waals surface area contributed by atoms with E-state index >= 15 is 0 Å². The Kier molecular flexibility index (Phi) is 7.39. The van der Waals surface area contributed by atoms with Crippen LogP contribution in [0.1, 0.15) is 10.4 Å². The van der Waals surface area contributed by atoms with E-state index in [-0.39, 0.29) is 15.5 Å². The molecule has 1 amide bonds. The minimum Gasteiger partial charge on any atom is -0.468 e. The fourth-order valence-corrected chi connectivity index (χ4v) is 3.82. The average Bonchev–Trinajstić information content (AvgIpc) is 2.65. The van der Waals surface area contributed by atoms with Crippen molar-refractivity contribution in [3.8, 4) is 0 Å². The molecule has 0 bridgehead atoms. The highest BCUT2D eigenvalue weighted by molar-refractivity contribution is 7.89. The highest BCUT2D eigenvalue weighted by Crippen LogP contribution is 2.22. The first-order chi connectivity index (χ1) is 13.2. The minimum atomic E-state index is -4.09. The molecule has 2 rings (SSSR count). The summed E-state index contributed by atoms with van der Waals surface area (Å²) < 4.78 is 31.1. The van der Waals surface area contributed by atoms with Crippen molar-refractivity contribution in [1.29, 1.82) is 0 Å². The molecule has 150 valence electrons. The van der Waals surface area contributed by atoms with Gasteiger partial charge in [0.1, 0.15) is 6.04 Å². The summed E-state index contributed by atoms with van der Waals surface area (Å²) in [7, 11) is -3.02. The first-order valence-corrected chi connectivity index (χ1v) is 9.99. The molecular weight excluding hydrogens is 431 g/mol. The zero-order chi connectivity index (χ0) is 20.9. The lowest BCUT2D eigenvalue weighted by molar-refractivity contribution is -0.143. The van der Waals surface area contributed by atoms with E-state index in [0.29, 0.717) is 10.7 Å². The standard InChI is InChI=1S/C17H16Cl2N2O6S/c1-27-17(24)15(9-22)21-28(25,26)12-5-3-11(4-6-12)20-16(23)13-7-2-10(18)8-14(13)19/h2-8,15,21-22H,9H2,1H3,(H,20,23). The van der Waals surface area contributed by atoms with Gasteiger partial charge < -0.3 is 15.2 Å². The van der Waals surface area contributed by atoms with E-state index in [9.17, 15) is 18.0 Å². The van der Waals surface area contributed by atoms with Gasteiger partial charge in [-0.1, -0.05) is 23.2 Å². The summed E-state index contributed by atoms with van der Waals surface area (Å²) in [5.74, 6) is -1.42. The van der Waals surface area contributed by atoms with Gasteiger partial charge in [-0.3, -0.25) is 9.59 Å². The Labute approximate surface area is 171 Å². The van der Waals surface area contributed by atoms with E-state index in [1.165, 1.54) is 42.5 Å². The molecule has 0 saturated carbocycles. The molecule has 2 aromatic carbocycles. The van der Waals surface area contributed by atoms with Crippen LogP contribution in [0.3, 0.4) is 0 Å². The highest BCUT2D eigenvalue weighted by atomic mass is 35.5. The molecule has 0 spiro atoms. The largest absolute Gasteiger partial charge is 0.468 e. The number of benzene rings is 2. The molecule has 0 aliphatic carbocycles. The fourth-order valence-electron chi connectivity index (χ4n) is 2.15. The summed E-state index contributed by atoms with van der Waals surface area (Å²) in [6, 6.07) is 8.16. The zero-order valence-corrected chi connectivity index (χ0v) is 16.8. The number of aliphatic hydroxyl groups excluding tert-OH is 1. The molecular formula is C17H16Cl2N2O6S. The van der Waals surface area contributed by atoms with Crippen LogP contribution in [-0.2, 0) is 19.6 Å². The molecule has 1 atom stereocenters. The number of amides is 1. The van der Waals surface area contributed by atoms with E-state index in [1.54, 1.807) is 0 Å². The van der Waals surface area contributed by atoms with E-state index in [2.05, 4.69) is 10.1 Å². The number of halogens is 2. The first kappa shape index (κ1) is 22.1. The normalized spacial score (nSPS) is 12.3. The number of carbonyl (C=O) groups is 2. The predicted octanol–water partition coefficient (Wildman–Crippen LogP) is 2.06. The average molecular weight is 447 g/mol. The lowest BCUT2D eigenvalue weighted by Crippen LogP contribution is -2.43. The van der Waals surface area contributed by atoms with Gasteiger partial charge in [0.25, 0.3) is 5.91 Å². The zero-order valence-electron chi connectivity index (χ0n) is 14.5. The fraction of sp³-hybridized carbons (Fsp3) is 0.176. The van der Waals surface area contributed by atoms with E-state index in [4.69, 9.17) is 28.3 Å². The lowest BCUT2D eigenvalue weighted by Gasteiger charge is -2.14. The number of nitrogens with one attached hydrogen (secondary N) is 2. The minimum absolute atomic E-state index is 0.169. The summed E-state index contributed by atoms with van der Waals surface area (Å²) in [6.07, 6.45) is 0. The molecule has 0 aromatic heterocycles. The number of anilines is 1. The Morgan fingerprint density at radius 2 is 1.79 bits per heavy atom. The Morgan fingerprint density at radius 1 is 1.14 bits per heavy atom. The number of esters is 1. The molecule has 28 heavy (non-hydrogen) atoms. The van der Waals surface area contributed by atoms with Gasteiger partial charge in [0.15, 0.2) is 0 Å². The van der Waals surface area contributed by atoms with Crippen molar-refractivity contribution in [2.24, 2.45) is 0 Å².